The van der Waals surface area contributed by atoms with E-state index < -0.39 is 5.91 Å². The summed E-state index contributed by atoms with van der Waals surface area (Å²) in [5, 5.41) is 2.08. The van der Waals surface area contributed by atoms with E-state index in [0.717, 1.165) is 47.9 Å². The first-order chi connectivity index (χ1) is 13.1. The highest BCUT2D eigenvalue weighted by atomic mass is 16.5. The van der Waals surface area contributed by atoms with Gasteiger partial charge in [0.2, 0.25) is 0 Å². The molecule has 0 saturated carbocycles. The van der Waals surface area contributed by atoms with Crippen LogP contribution in [0.1, 0.15) is 29.2 Å². The van der Waals surface area contributed by atoms with Gasteiger partial charge in [-0.3, -0.25) is 4.79 Å². The number of hydrogen-bond acceptors (Lipinski definition) is 3. The number of carbonyl (C=O) groups is 1. The maximum absolute atomic E-state index is 12.4. The number of amides is 1. The Labute approximate surface area is 156 Å². The lowest BCUT2D eigenvalue weighted by molar-refractivity contribution is 0.0717. The number of fused-ring (bicyclic) bond motifs is 3. The summed E-state index contributed by atoms with van der Waals surface area (Å²) in [6.45, 7) is 1.45. The Morgan fingerprint density at radius 2 is 1.93 bits per heavy atom. The number of para-hydroxylation sites is 1. The molecule has 4 rings (SSSR count). The molecule has 0 radical (unpaired) electrons. The van der Waals surface area contributed by atoms with Gasteiger partial charge in [-0.25, -0.2) is 0 Å². The molecule has 7 heteroatoms. The van der Waals surface area contributed by atoms with Gasteiger partial charge in [-0.2, -0.15) is 4.99 Å². The van der Waals surface area contributed by atoms with Crippen LogP contribution in [0.4, 0.5) is 0 Å². The molecule has 140 valence electrons. The Balaban J connectivity index is 2.03. The molecule has 0 spiro atoms. The van der Waals surface area contributed by atoms with Crippen molar-refractivity contribution in [2.75, 3.05) is 20.3 Å². The predicted octanol–water partition coefficient (Wildman–Crippen LogP) is 2.57. The van der Waals surface area contributed by atoms with Crippen LogP contribution in [0.25, 0.3) is 21.8 Å². The van der Waals surface area contributed by atoms with Gasteiger partial charge in [0, 0.05) is 41.1 Å². The molecule has 7 nitrogen and oxygen atoms in total. The predicted molar refractivity (Wildman–Crippen MR) is 105 cm³/mol. The van der Waals surface area contributed by atoms with Crippen LogP contribution in [0.3, 0.4) is 0 Å². The lowest BCUT2D eigenvalue weighted by atomic mass is 10.1. The quantitative estimate of drug-likeness (QED) is 0.547. The molecule has 0 aliphatic carbocycles. The topological polar surface area (TPSA) is 105 Å². The molecule has 1 aliphatic rings. The van der Waals surface area contributed by atoms with E-state index in [1.807, 2.05) is 18.2 Å². The minimum Gasteiger partial charge on any atom is -0.496 e. The third kappa shape index (κ3) is 3.00. The maximum Gasteiger partial charge on any atom is 0.280 e. The van der Waals surface area contributed by atoms with Crippen LogP contribution in [0, 0.1) is 0 Å². The highest BCUT2D eigenvalue weighted by molar-refractivity contribution is 6.14. The summed E-state index contributed by atoms with van der Waals surface area (Å²) >= 11 is 0. The van der Waals surface area contributed by atoms with Crippen molar-refractivity contribution < 1.29 is 14.3 Å². The summed E-state index contributed by atoms with van der Waals surface area (Å²) in [7, 11) is 1.60. The second-order valence-corrected chi connectivity index (χ2v) is 6.65. The Kier molecular flexibility index (Phi) is 4.45. The first-order valence-electron chi connectivity index (χ1n) is 8.92. The molecule has 3 aromatic rings. The third-order valence-corrected chi connectivity index (χ3v) is 5.03. The molecule has 0 atom stereocenters. The summed E-state index contributed by atoms with van der Waals surface area (Å²) in [6, 6.07) is 12.0. The van der Waals surface area contributed by atoms with Crippen molar-refractivity contribution in [3.8, 4) is 5.75 Å². The Morgan fingerprint density at radius 1 is 1.19 bits per heavy atom. The molecule has 4 N–H and O–H groups in total. The van der Waals surface area contributed by atoms with Crippen LogP contribution in [0.15, 0.2) is 41.4 Å². The first kappa shape index (κ1) is 17.4. The molecule has 1 amide bonds. The minimum absolute atomic E-state index is 0.260. The Bertz CT molecular complexity index is 1040. The van der Waals surface area contributed by atoms with E-state index in [2.05, 4.69) is 21.7 Å². The van der Waals surface area contributed by atoms with Crippen LogP contribution in [0.5, 0.6) is 5.75 Å². The third-order valence-electron chi connectivity index (χ3n) is 5.03. The van der Waals surface area contributed by atoms with Crippen LogP contribution in [0.2, 0.25) is 0 Å². The fourth-order valence-corrected chi connectivity index (χ4v) is 3.89. The monoisotopic (exact) mass is 366 g/mol. The molecule has 0 bridgehead atoms. The molecular weight excluding hydrogens is 344 g/mol. The zero-order valence-electron chi connectivity index (χ0n) is 15.1. The molecule has 1 aliphatic heterocycles. The number of aliphatic imine (C=N–C) groups is 1. The lowest BCUT2D eigenvalue weighted by Crippen LogP contribution is -2.24. The first-order valence-corrected chi connectivity index (χ1v) is 8.92. The second-order valence-electron chi connectivity index (χ2n) is 6.65. The molecule has 2 aromatic carbocycles. The summed E-state index contributed by atoms with van der Waals surface area (Å²) in [5.41, 5.74) is 13.2. The van der Waals surface area contributed by atoms with E-state index in [4.69, 9.17) is 20.9 Å². The molecular formula is C20H22N4O3. The lowest BCUT2D eigenvalue weighted by Gasteiger charge is -2.25. The molecule has 1 saturated heterocycles. The summed E-state index contributed by atoms with van der Waals surface area (Å²) in [5.74, 6) is -0.119. The Hall–Kier alpha value is -3.06. The summed E-state index contributed by atoms with van der Waals surface area (Å²) < 4.78 is 13.5. The van der Waals surface area contributed by atoms with Gasteiger partial charge in [-0.05, 0) is 31.0 Å². The van der Waals surface area contributed by atoms with Crippen molar-refractivity contribution in [1.82, 2.24) is 4.57 Å². The van der Waals surface area contributed by atoms with Gasteiger partial charge >= 0.3 is 0 Å². The largest absolute Gasteiger partial charge is 0.496 e. The van der Waals surface area contributed by atoms with Crippen molar-refractivity contribution in [1.29, 1.82) is 0 Å². The van der Waals surface area contributed by atoms with E-state index in [1.54, 1.807) is 13.2 Å². The number of aromatic nitrogens is 1. The van der Waals surface area contributed by atoms with Gasteiger partial charge in [0.1, 0.15) is 5.75 Å². The molecule has 2 heterocycles. The smallest absolute Gasteiger partial charge is 0.280 e. The fraction of sp³-hybridized carbons (Fsp3) is 0.300. The van der Waals surface area contributed by atoms with Crippen LogP contribution >= 0.6 is 0 Å². The molecule has 27 heavy (non-hydrogen) atoms. The average Bonchev–Trinajstić information content (AvgIpc) is 3.01. The zero-order valence-corrected chi connectivity index (χ0v) is 15.1. The highest BCUT2D eigenvalue weighted by Crippen LogP contribution is 2.40. The van der Waals surface area contributed by atoms with E-state index in [9.17, 15) is 4.79 Å². The highest BCUT2D eigenvalue weighted by Gasteiger charge is 2.24. The number of ether oxygens (including phenoxy) is 2. The van der Waals surface area contributed by atoms with Gasteiger partial charge in [-0.15, -0.1) is 0 Å². The van der Waals surface area contributed by atoms with E-state index in [1.165, 1.54) is 0 Å². The van der Waals surface area contributed by atoms with Crippen molar-refractivity contribution in [2.24, 2.45) is 16.5 Å². The molecule has 1 aromatic heterocycles. The average molecular weight is 366 g/mol. The molecule has 1 fully saturated rings. The summed E-state index contributed by atoms with van der Waals surface area (Å²) in [6.07, 6.45) is 1.84. The van der Waals surface area contributed by atoms with Gasteiger partial charge < -0.3 is 25.5 Å². The van der Waals surface area contributed by atoms with Crippen molar-refractivity contribution >= 4 is 33.7 Å². The van der Waals surface area contributed by atoms with Gasteiger partial charge in [-0.1, -0.05) is 18.2 Å². The van der Waals surface area contributed by atoms with E-state index >= 15 is 0 Å². The van der Waals surface area contributed by atoms with Crippen LogP contribution in [-0.2, 0) is 4.74 Å². The number of nitrogens with two attached hydrogens (primary N) is 2. The van der Waals surface area contributed by atoms with Crippen molar-refractivity contribution in [3.05, 3.63) is 42.0 Å². The van der Waals surface area contributed by atoms with E-state index in [0.29, 0.717) is 17.4 Å². The maximum atomic E-state index is 12.4. The SMILES string of the molecule is COc1cc(C(=O)N=C(N)N)cc2c1c1ccccc1n2C1CCOCC1. The standard InChI is InChI=1S/C20H22N4O3/c1-26-17-11-12(19(25)23-20(21)22)10-16-18(17)14-4-2-3-5-15(14)24(16)13-6-8-27-9-7-13/h2-5,10-11,13H,6-9H2,1H3,(H4,21,22,23,25). The second kappa shape index (κ2) is 6.92. The van der Waals surface area contributed by atoms with E-state index in [-0.39, 0.29) is 5.96 Å². The zero-order chi connectivity index (χ0) is 19.0. The number of benzene rings is 2. The molecule has 0 unspecified atom stereocenters. The van der Waals surface area contributed by atoms with Gasteiger partial charge in [0.15, 0.2) is 5.96 Å². The number of rotatable bonds is 3. The number of methoxy groups -OCH3 is 1. The van der Waals surface area contributed by atoms with Crippen molar-refractivity contribution in [2.45, 2.75) is 18.9 Å². The van der Waals surface area contributed by atoms with Gasteiger partial charge in [0.05, 0.1) is 12.6 Å². The van der Waals surface area contributed by atoms with Crippen molar-refractivity contribution in [3.63, 3.8) is 0 Å². The number of hydrogen-bond donors (Lipinski definition) is 2. The normalized spacial score (nSPS) is 15.1. The Morgan fingerprint density at radius 3 is 2.63 bits per heavy atom. The van der Waals surface area contributed by atoms with Crippen LogP contribution < -0.4 is 16.2 Å². The van der Waals surface area contributed by atoms with Gasteiger partial charge in [0.25, 0.3) is 5.91 Å². The van der Waals surface area contributed by atoms with Crippen LogP contribution in [-0.4, -0.2) is 36.8 Å². The number of nitrogens with zero attached hydrogens (tertiary/aromatic N) is 2. The summed E-state index contributed by atoms with van der Waals surface area (Å²) in [4.78, 5) is 16.1. The minimum atomic E-state index is -0.487. The number of guanidine groups is 1. The fourth-order valence-electron chi connectivity index (χ4n) is 3.89. The number of carbonyl (C=O) groups excluding carboxylic acids is 1.